The predicted molar refractivity (Wildman–Crippen MR) is 110 cm³/mol. The van der Waals surface area contributed by atoms with Crippen LogP contribution in [0.2, 0.25) is 0 Å². The number of hydrogen-bond acceptors (Lipinski definition) is 4. The van der Waals surface area contributed by atoms with Crippen LogP contribution in [0.1, 0.15) is 43.1 Å². The number of rotatable bonds is 9. The maximum absolute atomic E-state index is 12.5. The highest BCUT2D eigenvalue weighted by Gasteiger charge is 2.21. The maximum atomic E-state index is 12.5. The molecule has 2 aromatic rings. The number of para-hydroxylation sites is 1. The number of hydrogen-bond donors (Lipinski definition) is 1. The van der Waals surface area contributed by atoms with Crippen molar-refractivity contribution in [3.05, 3.63) is 59.7 Å². The molecule has 0 aromatic heterocycles. The Morgan fingerprint density at radius 1 is 0.964 bits per heavy atom. The van der Waals surface area contributed by atoms with Crippen LogP contribution in [0.5, 0.6) is 0 Å². The second-order valence-corrected chi connectivity index (χ2v) is 8.32. The van der Waals surface area contributed by atoms with Crippen LogP contribution in [-0.4, -0.2) is 37.5 Å². The van der Waals surface area contributed by atoms with Crippen molar-refractivity contribution in [1.29, 1.82) is 0 Å². The summed E-state index contributed by atoms with van der Waals surface area (Å²) >= 11 is 0. The first-order valence-electron chi connectivity index (χ1n) is 9.28. The van der Waals surface area contributed by atoms with Crippen LogP contribution < -0.4 is 5.32 Å². The number of carbonyl (C=O) groups excluding carboxylic acids is 2. The minimum atomic E-state index is -3.48. The van der Waals surface area contributed by atoms with Gasteiger partial charge in [-0.05, 0) is 43.2 Å². The number of Topliss-reactive ketones (excluding diaryl/α,β-unsaturated/α-hetero) is 1. The zero-order valence-electron chi connectivity index (χ0n) is 16.4. The molecule has 28 heavy (non-hydrogen) atoms. The molecular formula is C21H26N2O4S. The van der Waals surface area contributed by atoms with Gasteiger partial charge in [0.05, 0.1) is 10.6 Å². The van der Waals surface area contributed by atoms with Crippen LogP contribution in [-0.2, 0) is 21.2 Å². The number of benzene rings is 2. The highest BCUT2D eigenvalue weighted by molar-refractivity contribution is 7.89. The topological polar surface area (TPSA) is 83.6 Å². The first kappa shape index (κ1) is 21.8. The molecule has 0 unspecified atom stereocenters. The number of aryl methyl sites for hydroxylation is 1. The summed E-state index contributed by atoms with van der Waals surface area (Å²) in [5.74, 6) is -0.311. The van der Waals surface area contributed by atoms with Gasteiger partial charge in [0.1, 0.15) is 0 Å². The van der Waals surface area contributed by atoms with Gasteiger partial charge < -0.3 is 5.32 Å². The fourth-order valence-corrected chi connectivity index (χ4v) is 4.37. The van der Waals surface area contributed by atoms with Crippen LogP contribution in [0.25, 0.3) is 0 Å². The predicted octanol–water partition coefficient (Wildman–Crippen LogP) is 3.49. The van der Waals surface area contributed by atoms with Crippen LogP contribution in [0.3, 0.4) is 0 Å². The minimum absolute atomic E-state index is 0.110. The molecule has 0 saturated heterocycles. The Balaban J connectivity index is 2.00. The van der Waals surface area contributed by atoms with E-state index in [4.69, 9.17) is 0 Å². The Morgan fingerprint density at radius 3 is 2.14 bits per heavy atom. The first-order valence-corrected chi connectivity index (χ1v) is 10.7. The van der Waals surface area contributed by atoms with Gasteiger partial charge in [0.2, 0.25) is 15.9 Å². The molecule has 6 nitrogen and oxygen atoms in total. The van der Waals surface area contributed by atoms with E-state index in [2.05, 4.69) is 5.32 Å². The van der Waals surface area contributed by atoms with Crippen LogP contribution in [0, 0.1) is 0 Å². The summed E-state index contributed by atoms with van der Waals surface area (Å²) in [5, 5.41) is 2.77. The summed E-state index contributed by atoms with van der Waals surface area (Å²) in [5.41, 5.74) is 1.84. The Hall–Kier alpha value is -2.51. The molecule has 150 valence electrons. The lowest BCUT2D eigenvalue weighted by Crippen LogP contribution is -2.30. The zero-order valence-corrected chi connectivity index (χ0v) is 17.3. The number of anilines is 1. The smallest absolute Gasteiger partial charge is 0.243 e. The van der Waals surface area contributed by atoms with E-state index in [1.54, 1.807) is 62.4 Å². The monoisotopic (exact) mass is 402 g/mol. The van der Waals surface area contributed by atoms with Crippen molar-refractivity contribution in [3.8, 4) is 0 Å². The molecule has 0 aliphatic carbocycles. The molecule has 0 spiro atoms. The quantitative estimate of drug-likeness (QED) is 0.651. The van der Waals surface area contributed by atoms with Crippen molar-refractivity contribution >= 4 is 27.4 Å². The molecule has 2 aromatic carbocycles. The van der Waals surface area contributed by atoms with E-state index in [-0.39, 0.29) is 23.0 Å². The zero-order chi connectivity index (χ0) is 20.7. The second-order valence-electron chi connectivity index (χ2n) is 6.38. The molecule has 0 bridgehead atoms. The maximum Gasteiger partial charge on any atom is 0.243 e. The Bertz CT molecular complexity index is 933. The summed E-state index contributed by atoms with van der Waals surface area (Å²) in [6.45, 7) is 5.90. The Labute approximate surface area is 166 Å². The lowest BCUT2D eigenvalue weighted by atomic mass is 10.1. The number of amides is 1. The normalized spacial score (nSPS) is 11.4. The number of sulfonamides is 1. The van der Waals surface area contributed by atoms with E-state index in [0.29, 0.717) is 30.8 Å². The lowest BCUT2D eigenvalue weighted by Gasteiger charge is -2.18. The van der Waals surface area contributed by atoms with Crippen molar-refractivity contribution in [3.63, 3.8) is 0 Å². The molecule has 0 fully saturated rings. The van der Waals surface area contributed by atoms with Crippen molar-refractivity contribution in [2.24, 2.45) is 0 Å². The molecule has 0 aliphatic rings. The summed E-state index contributed by atoms with van der Waals surface area (Å²) < 4.78 is 26.4. The fraction of sp³-hybridized carbons (Fsp3) is 0.333. The van der Waals surface area contributed by atoms with E-state index in [1.165, 1.54) is 11.2 Å². The average molecular weight is 403 g/mol. The van der Waals surface area contributed by atoms with Gasteiger partial charge in [0.15, 0.2) is 5.78 Å². The van der Waals surface area contributed by atoms with Crippen LogP contribution in [0.15, 0.2) is 53.4 Å². The van der Waals surface area contributed by atoms with Gasteiger partial charge in [-0.2, -0.15) is 4.31 Å². The first-order chi connectivity index (χ1) is 13.3. The third kappa shape index (κ3) is 5.27. The number of nitrogens with zero attached hydrogens (tertiary/aromatic N) is 1. The minimum Gasteiger partial charge on any atom is -0.325 e. The fourth-order valence-electron chi connectivity index (χ4n) is 2.91. The standard InChI is InChI=1S/C21H26N2O4S/c1-4-23(5-2)28(26,27)18-13-10-17(11-14-18)12-15-21(25)22-20-9-7-6-8-19(20)16(3)24/h6-11,13-14H,4-5,12,15H2,1-3H3,(H,22,25). The van der Waals surface area contributed by atoms with Gasteiger partial charge in [-0.3, -0.25) is 9.59 Å². The number of carbonyl (C=O) groups is 2. The summed E-state index contributed by atoms with van der Waals surface area (Å²) in [4.78, 5) is 24.1. The molecular weight excluding hydrogens is 376 g/mol. The van der Waals surface area contributed by atoms with E-state index in [9.17, 15) is 18.0 Å². The number of ketones is 1. The molecule has 0 saturated carbocycles. The molecule has 0 radical (unpaired) electrons. The van der Waals surface area contributed by atoms with E-state index in [1.807, 2.05) is 0 Å². The largest absolute Gasteiger partial charge is 0.325 e. The van der Waals surface area contributed by atoms with Crippen molar-refractivity contribution in [1.82, 2.24) is 4.31 Å². The van der Waals surface area contributed by atoms with E-state index >= 15 is 0 Å². The Kier molecular flexibility index (Phi) is 7.48. The van der Waals surface area contributed by atoms with Crippen LogP contribution >= 0.6 is 0 Å². The molecule has 0 atom stereocenters. The van der Waals surface area contributed by atoms with Gasteiger partial charge >= 0.3 is 0 Å². The van der Waals surface area contributed by atoms with E-state index in [0.717, 1.165) is 5.56 Å². The SMILES string of the molecule is CCN(CC)S(=O)(=O)c1ccc(CCC(=O)Nc2ccccc2C(C)=O)cc1. The van der Waals surface area contributed by atoms with Crippen LogP contribution in [0.4, 0.5) is 5.69 Å². The molecule has 1 N–H and O–H groups in total. The van der Waals surface area contributed by atoms with Crippen molar-refractivity contribution in [2.45, 2.75) is 38.5 Å². The lowest BCUT2D eigenvalue weighted by molar-refractivity contribution is -0.116. The molecule has 7 heteroatoms. The highest BCUT2D eigenvalue weighted by Crippen LogP contribution is 2.18. The van der Waals surface area contributed by atoms with Gasteiger partial charge in [-0.15, -0.1) is 0 Å². The molecule has 2 rings (SSSR count). The van der Waals surface area contributed by atoms with Gasteiger partial charge in [-0.1, -0.05) is 38.1 Å². The third-order valence-corrected chi connectivity index (χ3v) is 6.55. The van der Waals surface area contributed by atoms with Crippen molar-refractivity contribution < 1.29 is 18.0 Å². The average Bonchev–Trinajstić information content (AvgIpc) is 2.67. The van der Waals surface area contributed by atoms with Gasteiger partial charge in [-0.25, -0.2) is 8.42 Å². The summed E-state index contributed by atoms with van der Waals surface area (Å²) in [6.07, 6.45) is 0.702. The number of nitrogens with one attached hydrogen (secondary N) is 1. The second kappa shape index (κ2) is 9.61. The van der Waals surface area contributed by atoms with Gasteiger partial charge in [0, 0.05) is 25.1 Å². The summed E-state index contributed by atoms with van der Waals surface area (Å²) in [7, 11) is -3.48. The van der Waals surface area contributed by atoms with E-state index < -0.39 is 10.0 Å². The molecule has 1 amide bonds. The highest BCUT2D eigenvalue weighted by atomic mass is 32.2. The van der Waals surface area contributed by atoms with Gasteiger partial charge in [0.25, 0.3) is 0 Å². The molecule has 0 aliphatic heterocycles. The van der Waals surface area contributed by atoms with Crippen molar-refractivity contribution in [2.75, 3.05) is 18.4 Å². The third-order valence-electron chi connectivity index (χ3n) is 4.49. The molecule has 0 heterocycles. The Morgan fingerprint density at radius 2 is 1.57 bits per heavy atom. The summed E-state index contributed by atoms with van der Waals surface area (Å²) in [6, 6.07) is 13.5.